The van der Waals surface area contributed by atoms with Gasteiger partial charge in [-0.25, -0.2) is 5.43 Å². The van der Waals surface area contributed by atoms with Crippen LogP contribution < -0.4 is 5.43 Å². The molecule has 3 rings (SSSR count). The predicted molar refractivity (Wildman–Crippen MR) is 96.2 cm³/mol. The summed E-state index contributed by atoms with van der Waals surface area (Å²) in [5.41, 5.74) is 2.57. The summed E-state index contributed by atoms with van der Waals surface area (Å²) in [7, 11) is 0. The zero-order valence-electron chi connectivity index (χ0n) is 13.7. The van der Waals surface area contributed by atoms with Crippen LogP contribution in [0.4, 0.5) is 5.69 Å². The standard InChI is InChI=1S/C18H14N4O4/c1-11(15-8-4-5-9-19-15)20-21-18(24)14-10-12-6-2-3-7-13(12)16(17(14)23)22(25)26/h2-10,23H,1H3,(H,21,24)/b20-11+. The van der Waals surface area contributed by atoms with Gasteiger partial charge in [0.25, 0.3) is 5.91 Å². The van der Waals surface area contributed by atoms with Gasteiger partial charge in [0, 0.05) is 6.20 Å². The highest BCUT2D eigenvalue weighted by molar-refractivity contribution is 6.06. The number of rotatable bonds is 4. The molecule has 130 valence electrons. The van der Waals surface area contributed by atoms with Gasteiger partial charge in [0.15, 0.2) is 0 Å². The van der Waals surface area contributed by atoms with E-state index in [0.29, 0.717) is 16.8 Å². The van der Waals surface area contributed by atoms with Gasteiger partial charge in [0.05, 0.1) is 27.3 Å². The molecule has 0 aliphatic carbocycles. The van der Waals surface area contributed by atoms with Crippen molar-refractivity contribution in [3.8, 4) is 5.75 Å². The first-order valence-electron chi connectivity index (χ1n) is 7.64. The monoisotopic (exact) mass is 350 g/mol. The zero-order valence-corrected chi connectivity index (χ0v) is 13.7. The molecule has 0 bridgehead atoms. The van der Waals surface area contributed by atoms with Crippen molar-refractivity contribution in [2.24, 2.45) is 5.10 Å². The van der Waals surface area contributed by atoms with E-state index in [0.717, 1.165) is 0 Å². The molecule has 2 N–H and O–H groups in total. The Morgan fingerprint density at radius 3 is 2.65 bits per heavy atom. The molecule has 0 radical (unpaired) electrons. The Balaban J connectivity index is 1.98. The van der Waals surface area contributed by atoms with E-state index in [2.05, 4.69) is 15.5 Å². The first kappa shape index (κ1) is 17.0. The first-order valence-corrected chi connectivity index (χ1v) is 7.64. The van der Waals surface area contributed by atoms with Crippen LogP contribution in [0, 0.1) is 10.1 Å². The highest BCUT2D eigenvalue weighted by Gasteiger charge is 2.25. The number of nitro benzene ring substituents is 1. The maximum Gasteiger partial charge on any atom is 0.319 e. The minimum Gasteiger partial charge on any atom is -0.502 e. The summed E-state index contributed by atoms with van der Waals surface area (Å²) in [5.74, 6) is -1.46. The summed E-state index contributed by atoms with van der Waals surface area (Å²) in [4.78, 5) is 27.1. The van der Waals surface area contributed by atoms with Crippen LogP contribution in [0.1, 0.15) is 23.0 Å². The lowest BCUT2D eigenvalue weighted by atomic mass is 10.0. The summed E-state index contributed by atoms with van der Waals surface area (Å²) in [6.45, 7) is 1.66. The second kappa shape index (κ2) is 6.98. The molecule has 26 heavy (non-hydrogen) atoms. The van der Waals surface area contributed by atoms with E-state index >= 15 is 0 Å². The molecule has 1 heterocycles. The van der Waals surface area contributed by atoms with Crippen molar-refractivity contribution < 1.29 is 14.8 Å². The topological polar surface area (TPSA) is 118 Å². The number of nitrogens with zero attached hydrogens (tertiary/aromatic N) is 3. The molecule has 0 saturated carbocycles. The molecule has 0 unspecified atom stereocenters. The van der Waals surface area contributed by atoms with E-state index in [-0.39, 0.29) is 10.9 Å². The third kappa shape index (κ3) is 3.20. The third-order valence-electron chi connectivity index (χ3n) is 3.78. The van der Waals surface area contributed by atoms with Gasteiger partial charge in [-0.3, -0.25) is 19.9 Å². The van der Waals surface area contributed by atoms with E-state index in [4.69, 9.17) is 0 Å². The van der Waals surface area contributed by atoms with Gasteiger partial charge in [-0.05, 0) is 36.6 Å². The third-order valence-corrected chi connectivity index (χ3v) is 3.78. The lowest BCUT2D eigenvalue weighted by molar-refractivity contribution is -0.384. The summed E-state index contributed by atoms with van der Waals surface area (Å²) in [5, 5.41) is 26.2. The van der Waals surface area contributed by atoms with Gasteiger partial charge in [-0.15, -0.1) is 0 Å². The fourth-order valence-corrected chi connectivity index (χ4v) is 2.50. The highest BCUT2D eigenvalue weighted by Crippen LogP contribution is 2.37. The van der Waals surface area contributed by atoms with Gasteiger partial charge < -0.3 is 5.11 Å². The molecule has 0 spiro atoms. The Bertz CT molecular complexity index is 1030. The van der Waals surface area contributed by atoms with Crippen LogP contribution >= 0.6 is 0 Å². The molecule has 1 aromatic heterocycles. The van der Waals surface area contributed by atoms with Crippen molar-refractivity contribution in [1.82, 2.24) is 10.4 Å². The molecule has 0 aliphatic heterocycles. The van der Waals surface area contributed by atoms with Crippen LogP contribution in [-0.2, 0) is 0 Å². The summed E-state index contributed by atoms with van der Waals surface area (Å²) < 4.78 is 0. The van der Waals surface area contributed by atoms with Crippen LogP contribution in [-0.4, -0.2) is 26.6 Å². The Hall–Kier alpha value is -3.81. The normalized spacial score (nSPS) is 11.3. The highest BCUT2D eigenvalue weighted by atomic mass is 16.6. The molecule has 0 saturated heterocycles. The summed E-state index contributed by atoms with van der Waals surface area (Å²) in [6, 6.07) is 13.1. The number of hydrogen-bond donors (Lipinski definition) is 2. The molecule has 8 heteroatoms. The van der Waals surface area contributed by atoms with Gasteiger partial charge >= 0.3 is 5.69 Å². The van der Waals surface area contributed by atoms with Crippen molar-refractivity contribution in [3.05, 3.63) is 76.1 Å². The van der Waals surface area contributed by atoms with Crippen molar-refractivity contribution >= 4 is 28.1 Å². The van der Waals surface area contributed by atoms with Crippen LogP contribution in [0.3, 0.4) is 0 Å². The average Bonchev–Trinajstić information content (AvgIpc) is 2.65. The largest absolute Gasteiger partial charge is 0.502 e. The number of phenols is 1. The smallest absolute Gasteiger partial charge is 0.319 e. The Kier molecular flexibility index (Phi) is 4.57. The quantitative estimate of drug-likeness (QED) is 0.426. The molecule has 1 amide bonds. The van der Waals surface area contributed by atoms with E-state index in [1.54, 1.807) is 49.5 Å². The number of aromatic hydroxyl groups is 1. The lowest BCUT2D eigenvalue weighted by Crippen LogP contribution is -2.20. The summed E-state index contributed by atoms with van der Waals surface area (Å²) >= 11 is 0. The number of carbonyl (C=O) groups is 1. The molecule has 0 fully saturated rings. The van der Waals surface area contributed by atoms with Crippen molar-refractivity contribution in [1.29, 1.82) is 0 Å². The maximum absolute atomic E-state index is 12.4. The Morgan fingerprint density at radius 2 is 1.96 bits per heavy atom. The van der Waals surface area contributed by atoms with Gasteiger partial charge in [-0.1, -0.05) is 24.3 Å². The number of aromatic nitrogens is 1. The molecular weight excluding hydrogens is 336 g/mol. The average molecular weight is 350 g/mol. The van der Waals surface area contributed by atoms with Gasteiger partial charge in [0.1, 0.15) is 0 Å². The number of pyridine rings is 1. The summed E-state index contributed by atoms with van der Waals surface area (Å²) in [6.07, 6.45) is 1.59. The van der Waals surface area contributed by atoms with Crippen LogP contribution in [0.2, 0.25) is 0 Å². The zero-order chi connectivity index (χ0) is 18.7. The Morgan fingerprint density at radius 1 is 1.23 bits per heavy atom. The fourth-order valence-electron chi connectivity index (χ4n) is 2.50. The van der Waals surface area contributed by atoms with Crippen LogP contribution in [0.25, 0.3) is 10.8 Å². The van der Waals surface area contributed by atoms with E-state index < -0.39 is 22.3 Å². The number of nitro groups is 1. The minimum absolute atomic E-state index is 0.229. The molecular formula is C18H14N4O4. The number of carbonyl (C=O) groups excluding carboxylic acids is 1. The van der Waals surface area contributed by atoms with Crippen molar-refractivity contribution in [2.75, 3.05) is 0 Å². The SMILES string of the molecule is C/C(=N\NC(=O)c1cc2ccccc2c([N+](=O)[O-])c1O)c1ccccn1. The number of nitrogens with one attached hydrogen (secondary N) is 1. The van der Waals surface area contributed by atoms with Gasteiger partial charge in [0.2, 0.25) is 5.75 Å². The number of fused-ring (bicyclic) bond motifs is 1. The van der Waals surface area contributed by atoms with E-state index in [1.165, 1.54) is 12.1 Å². The fraction of sp³-hybridized carbons (Fsp3) is 0.0556. The second-order valence-electron chi connectivity index (χ2n) is 5.45. The second-order valence-corrected chi connectivity index (χ2v) is 5.45. The number of benzene rings is 2. The predicted octanol–water partition coefficient (Wildman–Crippen LogP) is 3.00. The first-order chi connectivity index (χ1) is 12.5. The van der Waals surface area contributed by atoms with Crippen LogP contribution in [0.15, 0.2) is 59.8 Å². The molecule has 0 aliphatic rings. The maximum atomic E-state index is 12.4. The number of hydrogen-bond acceptors (Lipinski definition) is 6. The van der Waals surface area contributed by atoms with Crippen molar-refractivity contribution in [2.45, 2.75) is 6.92 Å². The van der Waals surface area contributed by atoms with E-state index in [1.807, 2.05) is 0 Å². The molecule has 3 aromatic rings. The Labute approximate surface area is 148 Å². The van der Waals surface area contributed by atoms with Crippen molar-refractivity contribution in [3.63, 3.8) is 0 Å². The number of amides is 1. The lowest BCUT2D eigenvalue weighted by Gasteiger charge is -2.08. The number of hydrazone groups is 1. The van der Waals surface area contributed by atoms with Gasteiger partial charge in [-0.2, -0.15) is 5.10 Å². The molecule has 0 atom stereocenters. The van der Waals surface area contributed by atoms with Crippen LogP contribution in [0.5, 0.6) is 5.75 Å². The molecule has 8 nitrogen and oxygen atoms in total. The number of phenolic OH excluding ortho intramolecular Hbond substituents is 1. The molecule has 2 aromatic carbocycles. The van der Waals surface area contributed by atoms with E-state index in [9.17, 15) is 20.0 Å². The minimum atomic E-state index is -0.758.